The number of ether oxygens (including phenoxy) is 6. The lowest BCUT2D eigenvalue weighted by molar-refractivity contribution is -0.320. The standard InChI is InChI=1S/C41H64O13/c1-21(2)22(3)16-32(44)53-31-20-30-37(7)12-11-27(17-26(37)10-13-40(30,47)41(48)15-14-39(46,25(6)42)38(31,41)8)52-33-18-28(43)36(24(5)51-33)54-34-19-29(49-9)35(45)23(4)50-34/h10,16,21,23-24,27-31,33-36,43,45-48H,11-15,17-20H2,1-9H3/b22-16-/t23-,24+,27-,28-,29-,30+,31+,33-,34-,35+,36+,37-,38+,39+,40-,41+/m0/s1. The summed E-state index contributed by atoms with van der Waals surface area (Å²) in [5.74, 6) is -1.60. The van der Waals surface area contributed by atoms with Crippen LogP contribution in [0.2, 0.25) is 0 Å². The second-order valence-electron chi connectivity index (χ2n) is 18.0. The lowest BCUT2D eigenvalue weighted by Crippen LogP contribution is -2.78. The van der Waals surface area contributed by atoms with Gasteiger partial charge in [-0.2, -0.15) is 0 Å². The molecule has 3 saturated carbocycles. The molecule has 0 unspecified atom stereocenters. The minimum Gasteiger partial charge on any atom is -0.458 e. The number of carbonyl (C=O) groups is 2. The van der Waals surface area contributed by atoms with Crippen LogP contribution in [-0.4, -0.2) is 123 Å². The highest BCUT2D eigenvalue weighted by atomic mass is 16.7. The van der Waals surface area contributed by atoms with Gasteiger partial charge in [0.05, 0.1) is 35.9 Å². The summed E-state index contributed by atoms with van der Waals surface area (Å²) in [6.45, 7) is 14.3. The van der Waals surface area contributed by atoms with Crippen molar-refractivity contribution in [3.05, 3.63) is 23.3 Å². The van der Waals surface area contributed by atoms with Gasteiger partial charge in [0, 0.05) is 31.9 Å². The molecule has 6 aliphatic rings. The molecule has 6 rings (SSSR count). The monoisotopic (exact) mass is 764 g/mol. The lowest BCUT2D eigenvalue weighted by atomic mass is 9.42. The van der Waals surface area contributed by atoms with E-state index in [-0.39, 0.29) is 44.1 Å². The molecule has 13 heteroatoms. The zero-order valence-electron chi connectivity index (χ0n) is 33.4. The van der Waals surface area contributed by atoms with Crippen LogP contribution in [0.1, 0.15) is 113 Å². The Morgan fingerprint density at radius 2 is 1.61 bits per heavy atom. The van der Waals surface area contributed by atoms with Gasteiger partial charge in [0.25, 0.3) is 0 Å². The molecule has 0 aromatic rings. The molecule has 0 radical (unpaired) electrons. The molecule has 5 fully saturated rings. The molecule has 16 atom stereocenters. The topological polar surface area (TPSA) is 191 Å². The minimum atomic E-state index is -2.01. The van der Waals surface area contributed by atoms with E-state index in [4.69, 9.17) is 28.4 Å². The third-order valence-corrected chi connectivity index (χ3v) is 14.9. The molecule has 306 valence electrons. The summed E-state index contributed by atoms with van der Waals surface area (Å²) in [4.78, 5) is 26.5. The van der Waals surface area contributed by atoms with E-state index in [1.54, 1.807) is 13.8 Å². The van der Waals surface area contributed by atoms with Crippen LogP contribution in [0.25, 0.3) is 0 Å². The summed E-state index contributed by atoms with van der Waals surface area (Å²) in [7, 11) is 1.53. The van der Waals surface area contributed by atoms with Crippen LogP contribution in [0.5, 0.6) is 0 Å². The Kier molecular flexibility index (Phi) is 11.5. The van der Waals surface area contributed by atoms with E-state index in [0.717, 1.165) is 11.1 Å². The van der Waals surface area contributed by atoms with Crippen LogP contribution in [0.4, 0.5) is 0 Å². The van der Waals surface area contributed by atoms with Gasteiger partial charge < -0.3 is 54.0 Å². The number of aliphatic hydroxyl groups excluding tert-OH is 2. The Bertz CT molecular complexity index is 1480. The van der Waals surface area contributed by atoms with Crippen molar-refractivity contribution in [2.24, 2.45) is 22.7 Å². The maximum atomic E-state index is 13.4. The number of ketones is 1. The maximum Gasteiger partial charge on any atom is 0.330 e. The Morgan fingerprint density at radius 3 is 2.24 bits per heavy atom. The summed E-state index contributed by atoms with van der Waals surface area (Å²) in [6, 6.07) is 0. The number of allylic oxidation sites excluding steroid dienone is 1. The first-order chi connectivity index (χ1) is 25.1. The lowest BCUT2D eigenvalue weighted by Gasteiger charge is -2.67. The summed E-state index contributed by atoms with van der Waals surface area (Å²) >= 11 is 0. The van der Waals surface area contributed by atoms with Crippen molar-refractivity contribution in [2.75, 3.05) is 7.11 Å². The number of rotatable bonds is 9. The second-order valence-corrected chi connectivity index (χ2v) is 18.0. The second kappa shape index (κ2) is 14.9. The third kappa shape index (κ3) is 6.56. The van der Waals surface area contributed by atoms with Crippen LogP contribution in [0.15, 0.2) is 23.3 Å². The quantitative estimate of drug-likeness (QED) is 0.131. The molecule has 5 N–H and O–H groups in total. The maximum absolute atomic E-state index is 13.4. The molecule has 0 amide bonds. The molecular weight excluding hydrogens is 700 g/mol. The molecule has 54 heavy (non-hydrogen) atoms. The molecular formula is C41H64O13. The van der Waals surface area contributed by atoms with Crippen LogP contribution < -0.4 is 0 Å². The van der Waals surface area contributed by atoms with Crippen molar-refractivity contribution in [3.8, 4) is 0 Å². The molecule has 4 aliphatic carbocycles. The average molecular weight is 765 g/mol. The van der Waals surface area contributed by atoms with E-state index in [1.807, 2.05) is 33.8 Å². The van der Waals surface area contributed by atoms with Gasteiger partial charge in [-0.05, 0) is 90.9 Å². The van der Waals surface area contributed by atoms with Gasteiger partial charge >= 0.3 is 5.97 Å². The van der Waals surface area contributed by atoms with E-state index in [9.17, 15) is 35.1 Å². The van der Waals surface area contributed by atoms with Crippen LogP contribution in [0.3, 0.4) is 0 Å². The number of hydrogen-bond acceptors (Lipinski definition) is 13. The summed E-state index contributed by atoms with van der Waals surface area (Å²) in [5.41, 5.74) is -6.06. The fourth-order valence-electron chi connectivity index (χ4n) is 11.0. The summed E-state index contributed by atoms with van der Waals surface area (Å²) in [6.07, 6.45) is -0.668. The summed E-state index contributed by atoms with van der Waals surface area (Å²) in [5, 5.41) is 59.0. The van der Waals surface area contributed by atoms with Crippen LogP contribution in [0, 0.1) is 22.7 Å². The van der Waals surface area contributed by atoms with Crippen molar-refractivity contribution in [2.45, 2.75) is 191 Å². The van der Waals surface area contributed by atoms with E-state index in [0.29, 0.717) is 25.7 Å². The van der Waals surface area contributed by atoms with Crippen molar-refractivity contribution in [3.63, 3.8) is 0 Å². The number of esters is 1. The largest absolute Gasteiger partial charge is 0.458 e. The fourth-order valence-corrected chi connectivity index (χ4v) is 11.0. The van der Waals surface area contributed by atoms with Crippen molar-refractivity contribution >= 4 is 11.8 Å². The average Bonchev–Trinajstić information content (AvgIpc) is 3.33. The number of hydrogen-bond donors (Lipinski definition) is 5. The predicted octanol–water partition coefficient (Wildman–Crippen LogP) is 3.40. The number of fused-ring (bicyclic) bond motifs is 5. The number of carbonyl (C=O) groups excluding carboxylic acids is 2. The molecule has 2 aliphatic heterocycles. The van der Waals surface area contributed by atoms with E-state index >= 15 is 0 Å². The molecule has 0 aromatic heterocycles. The normalized spacial score (nSPS) is 49.4. The first kappa shape index (κ1) is 41.8. The van der Waals surface area contributed by atoms with Gasteiger partial charge in [0.2, 0.25) is 0 Å². The van der Waals surface area contributed by atoms with E-state index in [2.05, 4.69) is 6.92 Å². The summed E-state index contributed by atoms with van der Waals surface area (Å²) < 4.78 is 36.3. The predicted molar refractivity (Wildman–Crippen MR) is 195 cm³/mol. The molecule has 13 nitrogen and oxygen atoms in total. The van der Waals surface area contributed by atoms with Crippen molar-refractivity contribution in [1.29, 1.82) is 0 Å². The molecule has 0 aromatic carbocycles. The van der Waals surface area contributed by atoms with Gasteiger partial charge in [0.15, 0.2) is 18.4 Å². The Hall–Kier alpha value is -1.78. The zero-order valence-corrected chi connectivity index (χ0v) is 33.4. The highest BCUT2D eigenvalue weighted by molar-refractivity contribution is 5.87. The SMILES string of the molecule is CO[C@H]1C[C@H](O[C@H]2[C@@H](O)C[C@H](O[C@H]3CC[C@@]4(C)C(=CC[C@]5(O)[C@@H]4C[C@@H](OC(=O)/C=C(/C)C(C)C)[C@@]4(C)[C@]5(O)CC[C@@]4(O)C(C)=O)C3)O[C@@H]2C)O[C@@H](C)[C@H]1O. The Labute approximate surface area is 319 Å². The smallest absolute Gasteiger partial charge is 0.330 e. The fraction of sp³-hybridized carbons (Fsp3) is 0.854. The first-order valence-electron chi connectivity index (χ1n) is 19.9. The van der Waals surface area contributed by atoms with Crippen LogP contribution in [-0.2, 0) is 38.0 Å². The van der Waals surface area contributed by atoms with Crippen molar-refractivity contribution in [1.82, 2.24) is 0 Å². The number of aliphatic hydroxyl groups is 5. The molecule has 2 heterocycles. The van der Waals surface area contributed by atoms with E-state index in [1.165, 1.54) is 20.1 Å². The molecule has 2 saturated heterocycles. The highest BCUT2D eigenvalue weighted by Gasteiger charge is 2.81. The van der Waals surface area contributed by atoms with Gasteiger partial charge in [-0.15, -0.1) is 0 Å². The van der Waals surface area contributed by atoms with Gasteiger partial charge in [0.1, 0.15) is 35.1 Å². The van der Waals surface area contributed by atoms with Gasteiger partial charge in [-0.1, -0.05) is 38.0 Å². The minimum absolute atomic E-state index is 0.0302. The third-order valence-electron chi connectivity index (χ3n) is 14.9. The number of Topliss-reactive ketones (excluding diaryl/α,β-unsaturated/α-hetero) is 1. The highest BCUT2D eigenvalue weighted by Crippen LogP contribution is 2.71. The zero-order chi connectivity index (χ0) is 39.8. The molecule has 0 bridgehead atoms. The van der Waals surface area contributed by atoms with Gasteiger partial charge in [-0.3, -0.25) is 4.79 Å². The van der Waals surface area contributed by atoms with Crippen LogP contribution >= 0.6 is 0 Å². The van der Waals surface area contributed by atoms with Crippen molar-refractivity contribution < 1.29 is 63.5 Å². The number of methoxy groups -OCH3 is 1. The first-order valence-corrected chi connectivity index (χ1v) is 19.9. The van der Waals surface area contributed by atoms with E-state index < -0.39 is 101 Å². The Morgan fingerprint density at radius 1 is 0.944 bits per heavy atom. The molecule has 0 spiro atoms. The van der Waals surface area contributed by atoms with Gasteiger partial charge in [-0.25, -0.2) is 4.79 Å². The Balaban J connectivity index is 1.18.